The van der Waals surface area contributed by atoms with Gasteiger partial charge in [0.1, 0.15) is 0 Å². The highest BCUT2D eigenvalue weighted by atomic mass is 32.2. The minimum Gasteiger partial charge on any atom is -0.324 e. The molecule has 0 unspecified atom stereocenters. The lowest BCUT2D eigenvalue weighted by Crippen LogP contribution is -2.54. The molecule has 2 fully saturated rings. The van der Waals surface area contributed by atoms with Gasteiger partial charge in [-0.15, -0.1) is 0 Å². The largest absolute Gasteiger partial charge is 0.324 e. The molecule has 0 bridgehead atoms. The van der Waals surface area contributed by atoms with Crippen LogP contribution in [0.1, 0.15) is 12.8 Å². The van der Waals surface area contributed by atoms with Crippen molar-refractivity contribution >= 4 is 9.84 Å². The highest BCUT2D eigenvalue weighted by Crippen LogP contribution is 2.32. The Hall–Kier alpha value is -0.0900. The lowest BCUT2D eigenvalue weighted by Gasteiger charge is -2.37. The summed E-state index contributed by atoms with van der Waals surface area (Å²) in [5.74, 6) is 1.69. The van der Waals surface area contributed by atoms with Gasteiger partial charge in [-0.25, -0.2) is 8.42 Å². The molecule has 0 atom stereocenters. The Morgan fingerprint density at radius 2 is 1.77 bits per heavy atom. The molecule has 0 aromatic rings. The Labute approximate surface area is 80.2 Å². The van der Waals surface area contributed by atoms with Crippen LogP contribution in [0.4, 0.5) is 0 Å². The maximum Gasteiger partial charge on any atom is 0.161 e. The van der Waals surface area contributed by atoms with Gasteiger partial charge in [0.2, 0.25) is 0 Å². The second-order valence-electron chi connectivity index (χ2n) is 4.84. The first-order valence-corrected chi connectivity index (χ1v) is 6.85. The molecule has 2 rings (SSSR count). The van der Waals surface area contributed by atoms with E-state index in [2.05, 4.69) is 7.05 Å². The van der Waals surface area contributed by atoms with Crippen LogP contribution in [0.25, 0.3) is 0 Å². The van der Waals surface area contributed by atoms with Gasteiger partial charge in [-0.05, 0) is 12.8 Å². The molecule has 1 saturated heterocycles. The second kappa shape index (κ2) is 2.95. The summed E-state index contributed by atoms with van der Waals surface area (Å²) in [5, 5.41) is 0. The van der Waals surface area contributed by atoms with Gasteiger partial charge in [0.05, 0.1) is 38.2 Å². The molecule has 0 radical (unpaired) electrons. The Morgan fingerprint density at radius 3 is 2.23 bits per heavy atom. The van der Waals surface area contributed by atoms with E-state index in [4.69, 9.17) is 0 Å². The zero-order valence-corrected chi connectivity index (χ0v) is 9.02. The van der Waals surface area contributed by atoms with E-state index in [9.17, 15) is 8.42 Å². The number of quaternary nitrogens is 1. The summed E-state index contributed by atoms with van der Waals surface area (Å²) in [5.41, 5.74) is 0. The van der Waals surface area contributed by atoms with Gasteiger partial charge in [-0.3, -0.25) is 0 Å². The maximum atomic E-state index is 11.2. The lowest BCUT2D eigenvalue weighted by molar-refractivity contribution is -0.907. The third kappa shape index (κ3) is 2.44. The molecule has 1 heterocycles. The summed E-state index contributed by atoms with van der Waals surface area (Å²) >= 11 is 0. The zero-order chi connectivity index (χ0) is 9.53. The van der Waals surface area contributed by atoms with E-state index in [1.807, 2.05) is 0 Å². The molecule has 0 spiro atoms. The average molecular weight is 204 g/mol. The van der Waals surface area contributed by atoms with Crippen LogP contribution in [0, 0.1) is 5.92 Å². The van der Waals surface area contributed by atoms with Gasteiger partial charge in [0, 0.05) is 5.92 Å². The second-order valence-corrected chi connectivity index (χ2v) is 7.15. The molecule has 76 valence electrons. The third-order valence-electron chi connectivity index (χ3n) is 3.28. The van der Waals surface area contributed by atoms with Crippen molar-refractivity contribution in [1.82, 2.24) is 0 Å². The summed E-state index contributed by atoms with van der Waals surface area (Å²) in [6.07, 6.45) is 2.72. The van der Waals surface area contributed by atoms with E-state index >= 15 is 0 Å². The van der Waals surface area contributed by atoms with Crippen LogP contribution >= 0.6 is 0 Å². The van der Waals surface area contributed by atoms with Gasteiger partial charge in [-0.2, -0.15) is 0 Å². The lowest BCUT2D eigenvalue weighted by atomic mass is 10.3. The van der Waals surface area contributed by atoms with E-state index < -0.39 is 9.84 Å². The smallest absolute Gasteiger partial charge is 0.161 e. The maximum absolute atomic E-state index is 11.2. The molecule has 0 N–H and O–H groups in total. The van der Waals surface area contributed by atoms with E-state index in [1.54, 1.807) is 0 Å². The summed E-state index contributed by atoms with van der Waals surface area (Å²) in [7, 11) is -0.483. The fraction of sp³-hybridized carbons (Fsp3) is 1.00. The van der Waals surface area contributed by atoms with Crippen LogP contribution in [0.3, 0.4) is 0 Å². The minimum absolute atomic E-state index is 0.399. The van der Waals surface area contributed by atoms with Crippen molar-refractivity contribution in [2.24, 2.45) is 5.92 Å². The van der Waals surface area contributed by atoms with Gasteiger partial charge in [-0.1, -0.05) is 0 Å². The fourth-order valence-electron chi connectivity index (χ4n) is 2.04. The van der Waals surface area contributed by atoms with Crippen LogP contribution in [0.5, 0.6) is 0 Å². The predicted molar refractivity (Wildman–Crippen MR) is 52.2 cm³/mol. The molecule has 0 amide bonds. The van der Waals surface area contributed by atoms with Gasteiger partial charge in [0.25, 0.3) is 0 Å². The third-order valence-corrected chi connectivity index (χ3v) is 4.89. The molecule has 1 saturated carbocycles. The van der Waals surface area contributed by atoms with Crippen LogP contribution in [-0.2, 0) is 9.84 Å². The molecule has 4 heteroatoms. The molecule has 1 aliphatic heterocycles. The summed E-state index contributed by atoms with van der Waals surface area (Å²) in [4.78, 5) is 0. The number of nitrogens with zero attached hydrogens (tertiary/aromatic N) is 1. The van der Waals surface area contributed by atoms with Crippen LogP contribution in [0.15, 0.2) is 0 Å². The van der Waals surface area contributed by atoms with Crippen molar-refractivity contribution < 1.29 is 12.9 Å². The topological polar surface area (TPSA) is 34.1 Å². The Balaban J connectivity index is 1.94. The van der Waals surface area contributed by atoms with Gasteiger partial charge >= 0.3 is 0 Å². The monoisotopic (exact) mass is 204 g/mol. The summed E-state index contributed by atoms with van der Waals surface area (Å²) in [6, 6.07) is 0. The minimum atomic E-state index is -2.68. The zero-order valence-electron chi connectivity index (χ0n) is 8.20. The molecule has 1 aliphatic carbocycles. The van der Waals surface area contributed by atoms with Crippen molar-refractivity contribution in [2.75, 3.05) is 38.2 Å². The normalized spacial score (nSPS) is 31.5. The molecule has 2 aliphatic rings. The number of rotatable bonds is 2. The SMILES string of the molecule is C[N+]1(CC2CC2)CCS(=O)(=O)CC1. The molecule has 13 heavy (non-hydrogen) atoms. The standard InChI is InChI=1S/C9H18NO2S/c1-10(8-9-2-3-9)4-6-13(11,12)7-5-10/h9H,2-8H2,1H3/q+1. The van der Waals surface area contributed by atoms with Gasteiger partial charge in [0.15, 0.2) is 9.84 Å². The quantitative estimate of drug-likeness (QED) is 0.605. The average Bonchev–Trinajstić information content (AvgIpc) is 2.81. The number of hydrogen-bond donors (Lipinski definition) is 0. The number of hydrogen-bond acceptors (Lipinski definition) is 2. The first-order chi connectivity index (χ1) is 5.99. The van der Waals surface area contributed by atoms with Crippen molar-refractivity contribution in [2.45, 2.75) is 12.8 Å². The Kier molecular flexibility index (Phi) is 2.15. The van der Waals surface area contributed by atoms with Crippen molar-refractivity contribution in [3.8, 4) is 0 Å². The number of sulfone groups is 1. The molecule has 0 aromatic heterocycles. The van der Waals surface area contributed by atoms with Crippen LogP contribution < -0.4 is 0 Å². The van der Waals surface area contributed by atoms with Crippen LogP contribution in [0.2, 0.25) is 0 Å². The molecule has 0 aromatic carbocycles. The molecular formula is C9H18NO2S+. The highest BCUT2D eigenvalue weighted by Gasteiger charge is 2.37. The first kappa shape index (κ1) is 9.46. The van der Waals surface area contributed by atoms with Crippen LogP contribution in [-0.4, -0.2) is 51.1 Å². The Morgan fingerprint density at radius 1 is 1.23 bits per heavy atom. The molecule has 3 nitrogen and oxygen atoms in total. The molecular weight excluding hydrogens is 186 g/mol. The first-order valence-electron chi connectivity index (χ1n) is 5.03. The van der Waals surface area contributed by atoms with E-state index in [-0.39, 0.29) is 0 Å². The summed E-state index contributed by atoms with van der Waals surface area (Å²) in [6.45, 7) is 2.87. The van der Waals surface area contributed by atoms with E-state index in [0.29, 0.717) is 11.5 Å². The Bertz CT molecular complexity index is 279. The summed E-state index contributed by atoms with van der Waals surface area (Å²) < 4.78 is 23.4. The van der Waals surface area contributed by atoms with E-state index in [1.165, 1.54) is 19.4 Å². The van der Waals surface area contributed by atoms with Crippen molar-refractivity contribution in [1.29, 1.82) is 0 Å². The predicted octanol–water partition coefficient (Wildman–Crippen LogP) is 0.271. The van der Waals surface area contributed by atoms with E-state index in [0.717, 1.165) is 23.5 Å². The van der Waals surface area contributed by atoms with Crippen molar-refractivity contribution in [3.63, 3.8) is 0 Å². The fourth-order valence-corrected chi connectivity index (χ4v) is 3.68. The highest BCUT2D eigenvalue weighted by molar-refractivity contribution is 7.91. The van der Waals surface area contributed by atoms with Gasteiger partial charge < -0.3 is 4.48 Å². The van der Waals surface area contributed by atoms with Crippen molar-refractivity contribution in [3.05, 3.63) is 0 Å².